The van der Waals surface area contributed by atoms with Gasteiger partial charge in [0.05, 0.1) is 27.2 Å². The predicted octanol–water partition coefficient (Wildman–Crippen LogP) is 2.44. The Morgan fingerprint density at radius 2 is 2.04 bits per heavy atom. The van der Waals surface area contributed by atoms with Gasteiger partial charge >= 0.3 is 14.7 Å². The SMILES string of the molecule is CCO[Si](C)(CS(=O)c1ccc2nc(NC(=O)O)[nH]c2c1)OCC. The summed E-state index contributed by atoms with van der Waals surface area (Å²) < 4.78 is 24.1. The summed E-state index contributed by atoms with van der Waals surface area (Å²) in [7, 11) is -3.78. The van der Waals surface area contributed by atoms with Crippen molar-refractivity contribution in [2.75, 3.05) is 23.9 Å². The van der Waals surface area contributed by atoms with Gasteiger partial charge in [0.2, 0.25) is 5.95 Å². The highest BCUT2D eigenvalue weighted by Gasteiger charge is 2.34. The molecule has 0 radical (unpaired) electrons. The quantitative estimate of drug-likeness (QED) is 0.614. The lowest BCUT2D eigenvalue weighted by atomic mass is 10.3. The summed E-state index contributed by atoms with van der Waals surface area (Å²) >= 11 is 0. The number of benzene rings is 1. The number of carboxylic acid groups (broad SMARTS) is 1. The second kappa shape index (κ2) is 7.88. The number of nitrogens with one attached hydrogen (secondary N) is 2. The van der Waals surface area contributed by atoms with Crippen LogP contribution in [0.15, 0.2) is 23.1 Å². The molecule has 132 valence electrons. The fourth-order valence-corrected chi connectivity index (χ4v) is 7.36. The number of hydrogen-bond acceptors (Lipinski definition) is 5. The lowest BCUT2D eigenvalue weighted by Crippen LogP contribution is -2.44. The predicted molar refractivity (Wildman–Crippen MR) is 93.9 cm³/mol. The van der Waals surface area contributed by atoms with Crippen molar-refractivity contribution in [1.29, 1.82) is 0 Å². The zero-order valence-corrected chi connectivity index (χ0v) is 15.6. The summed E-state index contributed by atoms with van der Waals surface area (Å²) in [5.74, 6) is 0.128. The second-order valence-corrected chi connectivity index (χ2v) is 10.3. The van der Waals surface area contributed by atoms with E-state index in [2.05, 4.69) is 15.3 Å². The highest BCUT2D eigenvalue weighted by atomic mass is 32.2. The number of aromatic nitrogens is 2. The standard InChI is InChI=1S/C14H21N3O5SSi/c1-4-21-24(3,22-5-2)9-23(20)10-6-7-11-12(8-10)16-13(15-11)17-14(18)19/h6-8H,4-5,9H2,1-3H3,(H,18,19)(H2,15,16,17). The average molecular weight is 371 g/mol. The third-order valence-corrected chi connectivity index (χ3v) is 8.96. The summed E-state index contributed by atoms with van der Waals surface area (Å²) in [5.41, 5.74) is 1.20. The minimum atomic E-state index is -2.50. The maximum absolute atomic E-state index is 12.7. The number of amides is 1. The Hall–Kier alpha value is -1.75. The van der Waals surface area contributed by atoms with Crippen molar-refractivity contribution < 1.29 is 23.0 Å². The Bertz CT molecular complexity index is 745. The summed E-state index contributed by atoms with van der Waals surface area (Å²) in [6.45, 7) is 6.72. The van der Waals surface area contributed by atoms with E-state index in [-0.39, 0.29) is 5.95 Å². The largest absolute Gasteiger partial charge is 0.465 e. The molecule has 1 unspecified atom stereocenters. The van der Waals surface area contributed by atoms with E-state index in [0.717, 1.165) is 0 Å². The molecule has 0 saturated heterocycles. The Balaban J connectivity index is 2.21. The van der Waals surface area contributed by atoms with Crippen LogP contribution in [0.2, 0.25) is 6.55 Å². The van der Waals surface area contributed by atoms with E-state index in [1.165, 1.54) is 0 Å². The van der Waals surface area contributed by atoms with Crippen LogP contribution in [0.25, 0.3) is 11.0 Å². The number of carbonyl (C=O) groups is 1. The molecule has 1 heterocycles. The molecule has 0 bridgehead atoms. The summed E-state index contributed by atoms with van der Waals surface area (Å²) in [5, 5.41) is 11.2. The average Bonchev–Trinajstić information content (AvgIpc) is 2.87. The zero-order chi connectivity index (χ0) is 17.7. The summed E-state index contributed by atoms with van der Waals surface area (Å²) in [6.07, 6.45) is -1.20. The van der Waals surface area contributed by atoms with Crippen molar-refractivity contribution in [3.8, 4) is 0 Å². The molecule has 0 aliphatic carbocycles. The van der Waals surface area contributed by atoms with Crippen molar-refractivity contribution in [3.63, 3.8) is 0 Å². The maximum Gasteiger partial charge on any atom is 0.411 e. The Morgan fingerprint density at radius 1 is 1.38 bits per heavy atom. The number of H-pyrrole nitrogens is 1. The van der Waals surface area contributed by atoms with Gasteiger partial charge < -0.3 is 18.9 Å². The molecule has 1 atom stereocenters. The molecular formula is C14H21N3O5SSi. The molecule has 0 saturated carbocycles. The number of imidazole rings is 1. The van der Waals surface area contributed by atoms with Gasteiger partial charge in [0.25, 0.3) is 0 Å². The molecule has 1 amide bonds. The van der Waals surface area contributed by atoms with Gasteiger partial charge in [-0.15, -0.1) is 0 Å². The molecule has 8 nitrogen and oxygen atoms in total. The van der Waals surface area contributed by atoms with Crippen molar-refractivity contribution >= 4 is 42.4 Å². The normalized spacial score (nSPS) is 13.1. The van der Waals surface area contributed by atoms with E-state index in [0.29, 0.717) is 34.5 Å². The van der Waals surface area contributed by atoms with Crippen molar-refractivity contribution in [3.05, 3.63) is 18.2 Å². The lowest BCUT2D eigenvalue weighted by Gasteiger charge is -2.25. The molecule has 1 aromatic carbocycles. The first-order valence-corrected chi connectivity index (χ1v) is 11.4. The number of nitrogens with zero attached hydrogens (tertiary/aromatic N) is 1. The number of aromatic amines is 1. The van der Waals surface area contributed by atoms with E-state index >= 15 is 0 Å². The van der Waals surface area contributed by atoms with Crippen LogP contribution < -0.4 is 5.32 Å². The monoisotopic (exact) mass is 371 g/mol. The number of fused-ring (bicyclic) bond motifs is 1. The highest BCUT2D eigenvalue weighted by Crippen LogP contribution is 2.20. The van der Waals surface area contributed by atoms with Gasteiger partial charge in [-0.2, -0.15) is 0 Å². The molecule has 24 heavy (non-hydrogen) atoms. The van der Waals surface area contributed by atoms with Gasteiger partial charge in [0.15, 0.2) is 0 Å². The topological polar surface area (TPSA) is 114 Å². The van der Waals surface area contributed by atoms with E-state index in [9.17, 15) is 9.00 Å². The van der Waals surface area contributed by atoms with Crippen LogP contribution in [-0.4, -0.2) is 52.5 Å². The van der Waals surface area contributed by atoms with Gasteiger partial charge in [-0.3, -0.25) is 9.53 Å². The van der Waals surface area contributed by atoms with E-state index in [1.807, 2.05) is 20.4 Å². The number of hydrogen-bond donors (Lipinski definition) is 3. The van der Waals surface area contributed by atoms with Crippen molar-refractivity contribution in [1.82, 2.24) is 9.97 Å². The van der Waals surface area contributed by atoms with Crippen molar-refractivity contribution in [2.24, 2.45) is 0 Å². The molecule has 3 N–H and O–H groups in total. The van der Waals surface area contributed by atoms with E-state index < -0.39 is 25.5 Å². The molecule has 2 aromatic rings. The molecule has 1 aromatic heterocycles. The number of rotatable bonds is 8. The minimum absolute atomic E-state index is 0.128. The highest BCUT2D eigenvalue weighted by molar-refractivity contribution is 7.86. The fourth-order valence-electron chi connectivity index (χ4n) is 2.35. The molecule has 2 rings (SSSR count). The molecular weight excluding hydrogens is 350 g/mol. The minimum Gasteiger partial charge on any atom is -0.465 e. The summed E-state index contributed by atoms with van der Waals surface area (Å²) in [6, 6.07) is 5.13. The van der Waals surface area contributed by atoms with Crippen molar-refractivity contribution in [2.45, 2.75) is 25.3 Å². The molecule has 0 aliphatic heterocycles. The van der Waals surface area contributed by atoms with Gasteiger partial charge in [-0.25, -0.2) is 9.78 Å². The fraction of sp³-hybridized carbons (Fsp3) is 0.429. The molecule has 0 fully saturated rings. The lowest BCUT2D eigenvalue weighted by molar-refractivity contribution is 0.194. The summed E-state index contributed by atoms with van der Waals surface area (Å²) in [4.78, 5) is 18.2. The molecule has 0 aliphatic rings. The van der Waals surface area contributed by atoms with E-state index in [4.69, 9.17) is 14.0 Å². The maximum atomic E-state index is 12.7. The Labute approximate surface area is 143 Å². The van der Waals surface area contributed by atoms with Gasteiger partial charge in [0.1, 0.15) is 0 Å². The first-order valence-electron chi connectivity index (χ1n) is 7.53. The van der Waals surface area contributed by atoms with Gasteiger partial charge in [-0.1, -0.05) is 0 Å². The van der Waals surface area contributed by atoms with Crippen LogP contribution in [0.1, 0.15) is 13.8 Å². The van der Waals surface area contributed by atoms with Crippen LogP contribution >= 0.6 is 0 Å². The molecule has 10 heteroatoms. The van der Waals surface area contributed by atoms with Crippen LogP contribution in [0.3, 0.4) is 0 Å². The first-order chi connectivity index (χ1) is 11.4. The van der Waals surface area contributed by atoms with Gasteiger partial charge in [-0.05, 0) is 38.6 Å². The third kappa shape index (κ3) is 4.63. The zero-order valence-electron chi connectivity index (χ0n) is 13.8. The third-order valence-electron chi connectivity index (χ3n) is 3.23. The number of anilines is 1. The van der Waals surface area contributed by atoms with Crippen LogP contribution in [0, 0.1) is 0 Å². The van der Waals surface area contributed by atoms with Crippen LogP contribution in [0.5, 0.6) is 0 Å². The molecule has 0 spiro atoms. The second-order valence-electron chi connectivity index (χ2n) is 5.18. The Kier molecular flexibility index (Phi) is 6.10. The van der Waals surface area contributed by atoms with Crippen LogP contribution in [0.4, 0.5) is 10.7 Å². The van der Waals surface area contributed by atoms with Crippen LogP contribution in [-0.2, 0) is 19.7 Å². The smallest absolute Gasteiger partial charge is 0.411 e. The Morgan fingerprint density at radius 3 is 2.62 bits per heavy atom. The van der Waals surface area contributed by atoms with E-state index in [1.54, 1.807) is 18.2 Å². The first kappa shape index (κ1) is 18.6. The van der Waals surface area contributed by atoms with Gasteiger partial charge in [0, 0.05) is 18.1 Å².